The van der Waals surface area contributed by atoms with E-state index in [0.717, 1.165) is 11.3 Å². The molecule has 1 atom stereocenters. The van der Waals surface area contributed by atoms with Crippen molar-refractivity contribution in [3.05, 3.63) is 47.3 Å². The standard InChI is InChI=1S/C11H8O2/c1-6-5-13-11-8-4-2-3-7(9(8)11)10(6)12/h2-4,9H,1,5H2/t9-/m0/s1. The largest absolute Gasteiger partial charge is 0.492 e. The molecule has 0 saturated carbocycles. The molecule has 2 nitrogen and oxygen atoms in total. The fraction of sp³-hybridized carbons (Fsp3) is 0.182. The first kappa shape index (κ1) is 6.89. The maximum atomic E-state index is 11.7. The van der Waals surface area contributed by atoms with Crippen LogP contribution in [-0.2, 0) is 9.53 Å². The van der Waals surface area contributed by atoms with Gasteiger partial charge in [0.2, 0.25) is 0 Å². The number of rotatable bonds is 0. The molecule has 3 rings (SSSR count). The number of hydrogen-bond acceptors (Lipinski definition) is 2. The minimum absolute atomic E-state index is 0.0550. The number of carbonyl (C=O) groups is 1. The van der Waals surface area contributed by atoms with Crippen LogP contribution >= 0.6 is 0 Å². The first-order valence-corrected chi connectivity index (χ1v) is 4.26. The van der Waals surface area contributed by atoms with E-state index >= 15 is 0 Å². The molecule has 0 aromatic carbocycles. The van der Waals surface area contributed by atoms with Gasteiger partial charge in [0, 0.05) is 16.7 Å². The molecule has 0 radical (unpaired) electrons. The number of hydrogen-bond donors (Lipinski definition) is 0. The van der Waals surface area contributed by atoms with Crippen molar-refractivity contribution in [1.82, 2.24) is 0 Å². The molecule has 0 amide bonds. The summed E-state index contributed by atoms with van der Waals surface area (Å²) in [6.45, 7) is 4.04. The molecule has 3 aliphatic rings. The smallest absolute Gasteiger partial charge is 0.188 e. The van der Waals surface area contributed by atoms with Crippen LogP contribution in [0.4, 0.5) is 0 Å². The van der Waals surface area contributed by atoms with Gasteiger partial charge >= 0.3 is 0 Å². The topological polar surface area (TPSA) is 26.3 Å². The summed E-state index contributed by atoms with van der Waals surface area (Å²) in [5.74, 6) is 1.18. The molecule has 0 aromatic rings. The van der Waals surface area contributed by atoms with Gasteiger partial charge in [0.05, 0.1) is 5.92 Å². The highest BCUT2D eigenvalue weighted by molar-refractivity contribution is 6.11. The normalized spacial score (nSPS) is 29.2. The van der Waals surface area contributed by atoms with Crippen LogP contribution < -0.4 is 0 Å². The molecular weight excluding hydrogens is 164 g/mol. The van der Waals surface area contributed by atoms with Crippen molar-refractivity contribution in [2.24, 2.45) is 5.92 Å². The molecular formula is C11H8O2. The van der Waals surface area contributed by atoms with Crippen LogP contribution in [0.5, 0.6) is 0 Å². The predicted octanol–water partition coefficient (Wildman–Crippen LogP) is 1.52. The Kier molecular flexibility index (Phi) is 1.07. The molecule has 0 aromatic heterocycles. The molecule has 2 heteroatoms. The number of Topliss-reactive ketones (excluding diaryl/α,β-unsaturated/α-hetero) is 1. The van der Waals surface area contributed by atoms with E-state index in [-0.39, 0.29) is 11.7 Å². The van der Waals surface area contributed by atoms with Gasteiger partial charge in [-0.15, -0.1) is 0 Å². The molecule has 1 aliphatic heterocycles. The molecule has 1 fully saturated rings. The highest BCUT2D eigenvalue weighted by Crippen LogP contribution is 2.50. The summed E-state index contributed by atoms with van der Waals surface area (Å²) in [6, 6.07) is 0. The number of allylic oxidation sites excluding steroid dienone is 5. The van der Waals surface area contributed by atoms with E-state index in [2.05, 4.69) is 6.58 Å². The Bertz CT molecular complexity index is 421. The second-order valence-electron chi connectivity index (χ2n) is 3.46. The minimum Gasteiger partial charge on any atom is -0.492 e. The fourth-order valence-corrected chi connectivity index (χ4v) is 1.86. The SMILES string of the molecule is C=C1COC2=C3C=CC=C(C1=O)[C@@H]32. The second-order valence-corrected chi connectivity index (χ2v) is 3.46. The van der Waals surface area contributed by atoms with E-state index in [9.17, 15) is 4.79 Å². The van der Waals surface area contributed by atoms with Crippen molar-refractivity contribution in [3.8, 4) is 0 Å². The van der Waals surface area contributed by atoms with Gasteiger partial charge in [-0.05, 0) is 0 Å². The van der Waals surface area contributed by atoms with E-state index in [1.54, 1.807) is 0 Å². The lowest BCUT2D eigenvalue weighted by atomic mass is 9.96. The lowest BCUT2D eigenvalue weighted by Crippen LogP contribution is -2.09. The van der Waals surface area contributed by atoms with E-state index in [0.29, 0.717) is 12.2 Å². The lowest BCUT2D eigenvalue weighted by Gasteiger charge is -2.05. The summed E-state index contributed by atoms with van der Waals surface area (Å²) in [7, 11) is 0. The molecule has 1 heterocycles. The van der Waals surface area contributed by atoms with E-state index in [1.807, 2.05) is 18.2 Å². The zero-order valence-electron chi connectivity index (χ0n) is 7.04. The lowest BCUT2D eigenvalue weighted by molar-refractivity contribution is -0.112. The Labute approximate surface area is 75.9 Å². The van der Waals surface area contributed by atoms with Crippen LogP contribution in [0.2, 0.25) is 0 Å². The average Bonchev–Trinajstić information content (AvgIpc) is 2.87. The highest BCUT2D eigenvalue weighted by atomic mass is 16.5. The Morgan fingerprint density at radius 3 is 3.23 bits per heavy atom. The zero-order valence-corrected chi connectivity index (χ0v) is 7.04. The van der Waals surface area contributed by atoms with Gasteiger partial charge in [0.25, 0.3) is 0 Å². The van der Waals surface area contributed by atoms with Crippen molar-refractivity contribution in [1.29, 1.82) is 0 Å². The van der Waals surface area contributed by atoms with Gasteiger partial charge in [-0.2, -0.15) is 0 Å². The van der Waals surface area contributed by atoms with Crippen molar-refractivity contribution in [2.45, 2.75) is 0 Å². The van der Waals surface area contributed by atoms with Crippen molar-refractivity contribution < 1.29 is 9.53 Å². The monoisotopic (exact) mass is 172 g/mol. The Morgan fingerprint density at radius 2 is 2.38 bits per heavy atom. The molecule has 64 valence electrons. The highest BCUT2D eigenvalue weighted by Gasteiger charge is 2.46. The maximum Gasteiger partial charge on any atom is 0.188 e. The predicted molar refractivity (Wildman–Crippen MR) is 47.8 cm³/mol. The molecule has 13 heavy (non-hydrogen) atoms. The summed E-state index contributed by atoms with van der Waals surface area (Å²) in [5, 5.41) is 0. The van der Waals surface area contributed by atoms with Crippen LogP contribution in [0.15, 0.2) is 47.3 Å². The van der Waals surface area contributed by atoms with Gasteiger partial charge in [-0.25, -0.2) is 0 Å². The minimum atomic E-state index is 0.0550. The number of carbonyl (C=O) groups excluding carboxylic acids is 1. The van der Waals surface area contributed by atoms with Crippen molar-refractivity contribution in [2.75, 3.05) is 6.61 Å². The summed E-state index contributed by atoms with van der Waals surface area (Å²) in [5.41, 5.74) is 2.55. The quantitative estimate of drug-likeness (QED) is 0.518. The van der Waals surface area contributed by atoms with E-state index in [4.69, 9.17) is 4.74 Å². The van der Waals surface area contributed by atoms with Gasteiger partial charge in [-0.1, -0.05) is 24.8 Å². The first-order chi connectivity index (χ1) is 6.29. The van der Waals surface area contributed by atoms with E-state index in [1.165, 1.54) is 5.57 Å². The summed E-state index contributed by atoms with van der Waals surface area (Å²) in [4.78, 5) is 11.7. The fourth-order valence-electron chi connectivity index (χ4n) is 1.86. The van der Waals surface area contributed by atoms with Crippen LogP contribution in [0.25, 0.3) is 0 Å². The first-order valence-electron chi connectivity index (χ1n) is 4.26. The molecule has 0 bridgehead atoms. The summed E-state index contributed by atoms with van der Waals surface area (Å²) >= 11 is 0. The van der Waals surface area contributed by atoms with Crippen molar-refractivity contribution >= 4 is 5.78 Å². The van der Waals surface area contributed by atoms with Gasteiger partial charge in [-0.3, -0.25) is 4.79 Å². The van der Waals surface area contributed by atoms with Crippen molar-refractivity contribution in [3.63, 3.8) is 0 Å². The van der Waals surface area contributed by atoms with Crippen LogP contribution in [0.1, 0.15) is 0 Å². The molecule has 1 saturated heterocycles. The number of ketones is 1. The van der Waals surface area contributed by atoms with Gasteiger partial charge < -0.3 is 4.74 Å². The third kappa shape index (κ3) is 0.750. The number of ether oxygens (including phenoxy) is 1. The van der Waals surface area contributed by atoms with E-state index < -0.39 is 0 Å². The Morgan fingerprint density at radius 1 is 1.54 bits per heavy atom. The summed E-state index contributed by atoms with van der Waals surface area (Å²) < 4.78 is 5.44. The second kappa shape index (κ2) is 2.02. The van der Waals surface area contributed by atoms with Gasteiger partial charge in [0.1, 0.15) is 12.4 Å². The Hall–Kier alpha value is -1.57. The molecule has 2 aliphatic carbocycles. The third-order valence-corrected chi connectivity index (χ3v) is 2.62. The summed E-state index contributed by atoms with van der Waals surface area (Å²) in [6.07, 6.45) is 5.77. The van der Waals surface area contributed by atoms with Crippen LogP contribution in [0.3, 0.4) is 0 Å². The average molecular weight is 172 g/mol. The van der Waals surface area contributed by atoms with Gasteiger partial charge in [0.15, 0.2) is 5.78 Å². The third-order valence-electron chi connectivity index (χ3n) is 2.62. The molecule has 0 unspecified atom stereocenters. The molecule has 0 N–H and O–H groups in total. The van der Waals surface area contributed by atoms with Crippen LogP contribution in [-0.4, -0.2) is 12.4 Å². The molecule has 0 spiro atoms. The Balaban J connectivity index is 2.13. The van der Waals surface area contributed by atoms with Crippen LogP contribution in [0, 0.1) is 5.92 Å². The maximum absolute atomic E-state index is 11.7. The zero-order chi connectivity index (χ0) is 9.00.